The van der Waals surface area contributed by atoms with Gasteiger partial charge in [0.05, 0.1) is 10.6 Å². The SMILES string of the molecule is CCc1ccccc1N(CC(=O)NCCCSCc1ccccc1F)S(=O)(=O)c1ccccc1. The maximum atomic E-state index is 13.7. The van der Waals surface area contributed by atoms with E-state index in [4.69, 9.17) is 0 Å². The number of sulfonamides is 1. The van der Waals surface area contributed by atoms with Crippen molar-refractivity contribution in [2.75, 3.05) is 23.1 Å². The van der Waals surface area contributed by atoms with Gasteiger partial charge in [0.2, 0.25) is 5.91 Å². The first-order chi connectivity index (χ1) is 16.4. The first-order valence-corrected chi connectivity index (χ1v) is 13.8. The van der Waals surface area contributed by atoms with Crippen LogP contribution in [0.15, 0.2) is 83.8 Å². The molecule has 0 aromatic heterocycles. The van der Waals surface area contributed by atoms with Gasteiger partial charge >= 0.3 is 0 Å². The molecule has 0 aliphatic carbocycles. The Morgan fingerprint density at radius 3 is 2.29 bits per heavy atom. The lowest BCUT2D eigenvalue weighted by Gasteiger charge is -2.26. The number of hydrogen-bond donors (Lipinski definition) is 1. The monoisotopic (exact) mass is 500 g/mol. The number of para-hydroxylation sites is 1. The molecule has 0 aliphatic rings. The van der Waals surface area contributed by atoms with E-state index >= 15 is 0 Å². The van der Waals surface area contributed by atoms with Gasteiger partial charge in [0.1, 0.15) is 12.4 Å². The summed E-state index contributed by atoms with van der Waals surface area (Å²) in [5, 5.41) is 2.82. The Morgan fingerprint density at radius 1 is 0.941 bits per heavy atom. The molecule has 1 amide bonds. The fourth-order valence-electron chi connectivity index (χ4n) is 3.46. The number of thioether (sulfide) groups is 1. The molecule has 3 rings (SSSR count). The summed E-state index contributed by atoms with van der Waals surface area (Å²) in [5.41, 5.74) is 2.01. The number of halogens is 1. The maximum absolute atomic E-state index is 13.7. The molecule has 34 heavy (non-hydrogen) atoms. The van der Waals surface area contributed by atoms with Crippen LogP contribution in [0.4, 0.5) is 10.1 Å². The van der Waals surface area contributed by atoms with Crippen molar-refractivity contribution >= 4 is 33.4 Å². The van der Waals surface area contributed by atoms with Crippen LogP contribution in [0.2, 0.25) is 0 Å². The topological polar surface area (TPSA) is 66.5 Å². The number of nitrogens with zero attached hydrogens (tertiary/aromatic N) is 1. The van der Waals surface area contributed by atoms with Crippen LogP contribution in [0.25, 0.3) is 0 Å². The molecule has 5 nitrogen and oxygen atoms in total. The molecule has 180 valence electrons. The molecule has 1 N–H and O–H groups in total. The van der Waals surface area contributed by atoms with Gasteiger partial charge in [-0.15, -0.1) is 0 Å². The van der Waals surface area contributed by atoms with Crippen molar-refractivity contribution < 1.29 is 17.6 Å². The number of carbonyl (C=O) groups is 1. The Balaban J connectivity index is 1.61. The Kier molecular flexibility index (Phi) is 9.53. The Labute approximate surface area is 205 Å². The number of hydrogen-bond acceptors (Lipinski definition) is 4. The van der Waals surface area contributed by atoms with Gasteiger partial charge in [0.15, 0.2) is 0 Å². The summed E-state index contributed by atoms with van der Waals surface area (Å²) in [4.78, 5) is 12.9. The van der Waals surface area contributed by atoms with Crippen LogP contribution in [0, 0.1) is 5.82 Å². The number of nitrogens with one attached hydrogen (secondary N) is 1. The van der Waals surface area contributed by atoms with Crippen molar-refractivity contribution in [3.05, 3.63) is 95.8 Å². The molecule has 0 atom stereocenters. The zero-order valence-electron chi connectivity index (χ0n) is 19.1. The molecule has 0 heterocycles. The molecule has 0 bridgehead atoms. The highest BCUT2D eigenvalue weighted by Crippen LogP contribution is 2.27. The molecule has 0 unspecified atom stereocenters. The maximum Gasteiger partial charge on any atom is 0.264 e. The molecular weight excluding hydrogens is 471 g/mol. The van der Waals surface area contributed by atoms with Gasteiger partial charge in [0, 0.05) is 12.3 Å². The molecular formula is C26H29FN2O3S2. The van der Waals surface area contributed by atoms with Crippen LogP contribution in [0.3, 0.4) is 0 Å². The van der Waals surface area contributed by atoms with Crippen LogP contribution in [-0.2, 0) is 27.0 Å². The van der Waals surface area contributed by atoms with Gasteiger partial charge in [0.25, 0.3) is 10.0 Å². The lowest BCUT2D eigenvalue weighted by atomic mass is 10.1. The van der Waals surface area contributed by atoms with E-state index in [2.05, 4.69) is 5.32 Å². The molecule has 3 aromatic rings. The van der Waals surface area contributed by atoms with Crippen LogP contribution in [-0.4, -0.2) is 33.2 Å². The van der Waals surface area contributed by atoms with Crippen molar-refractivity contribution in [1.29, 1.82) is 0 Å². The van der Waals surface area contributed by atoms with Gasteiger partial charge in [-0.1, -0.05) is 61.5 Å². The average molecular weight is 501 g/mol. The number of benzene rings is 3. The Hall–Kier alpha value is -2.84. The highest BCUT2D eigenvalue weighted by atomic mass is 32.2. The summed E-state index contributed by atoms with van der Waals surface area (Å²) in [6, 6.07) is 22.0. The average Bonchev–Trinajstić information content (AvgIpc) is 2.86. The molecule has 3 aromatic carbocycles. The minimum atomic E-state index is -3.92. The van der Waals surface area contributed by atoms with Crippen LogP contribution >= 0.6 is 11.8 Å². The number of carbonyl (C=O) groups excluding carboxylic acids is 1. The van der Waals surface area contributed by atoms with Crippen molar-refractivity contribution in [1.82, 2.24) is 5.32 Å². The number of rotatable bonds is 12. The molecule has 0 saturated heterocycles. The van der Waals surface area contributed by atoms with Gasteiger partial charge in [-0.3, -0.25) is 9.10 Å². The van der Waals surface area contributed by atoms with Gasteiger partial charge in [-0.25, -0.2) is 12.8 Å². The van der Waals surface area contributed by atoms with E-state index in [9.17, 15) is 17.6 Å². The predicted molar refractivity (Wildman–Crippen MR) is 137 cm³/mol. The van der Waals surface area contributed by atoms with E-state index in [1.807, 2.05) is 25.1 Å². The summed E-state index contributed by atoms with van der Waals surface area (Å²) >= 11 is 1.59. The lowest BCUT2D eigenvalue weighted by Crippen LogP contribution is -2.41. The smallest absolute Gasteiger partial charge is 0.264 e. The molecule has 8 heteroatoms. The highest BCUT2D eigenvalue weighted by molar-refractivity contribution is 7.98. The van der Waals surface area contributed by atoms with Crippen molar-refractivity contribution in [3.8, 4) is 0 Å². The molecule has 0 fully saturated rings. The van der Waals surface area contributed by atoms with E-state index < -0.39 is 10.0 Å². The first kappa shape index (κ1) is 25.8. The standard InChI is InChI=1S/C26H29FN2O3S2/c1-2-21-11-7-9-16-25(21)29(34(31,32)23-13-4-3-5-14-23)19-26(30)28-17-10-18-33-20-22-12-6-8-15-24(22)27/h3-9,11-16H,2,10,17-20H2,1H3,(H,28,30). The van der Waals surface area contributed by atoms with Gasteiger partial charge in [-0.2, -0.15) is 11.8 Å². The lowest BCUT2D eigenvalue weighted by molar-refractivity contribution is -0.119. The van der Waals surface area contributed by atoms with E-state index in [0.29, 0.717) is 36.4 Å². The third kappa shape index (κ3) is 6.84. The minimum absolute atomic E-state index is 0.137. The van der Waals surface area contributed by atoms with Crippen LogP contribution in [0.1, 0.15) is 24.5 Å². The van der Waals surface area contributed by atoms with Gasteiger partial charge < -0.3 is 5.32 Å². The number of anilines is 1. The quantitative estimate of drug-likeness (QED) is 0.355. The van der Waals surface area contributed by atoms with Crippen molar-refractivity contribution in [2.24, 2.45) is 0 Å². The molecule has 0 aliphatic heterocycles. The third-order valence-corrected chi connectivity index (χ3v) is 8.13. The zero-order chi connectivity index (χ0) is 24.4. The van der Waals surface area contributed by atoms with Crippen molar-refractivity contribution in [3.63, 3.8) is 0 Å². The van der Waals surface area contributed by atoms with E-state index in [1.54, 1.807) is 54.2 Å². The second-order valence-electron chi connectivity index (χ2n) is 7.65. The zero-order valence-corrected chi connectivity index (χ0v) is 20.7. The molecule has 0 radical (unpaired) electrons. The van der Waals surface area contributed by atoms with Crippen LogP contribution < -0.4 is 9.62 Å². The summed E-state index contributed by atoms with van der Waals surface area (Å²) in [6.07, 6.45) is 1.33. The van der Waals surface area contributed by atoms with Crippen LogP contribution in [0.5, 0.6) is 0 Å². The van der Waals surface area contributed by atoms with Crippen molar-refractivity contribution in [2.45, 2.75) is 30.4 Å². The Morgan fingerprint density at radius 2 is 1.59 bits per heavy atom. The van der Waals surface area contributed by atoms with E-state index in [-0.39, 0.29) is 23.2 Å². The largest absolute Gasteiger partial charge is 0.354 e. The molecule has 0 spiro atoms. The summed E-state index contributed by atoms with van der Waals surface area (Å²) in [6.45, 7) is 2.06. The second kappa shape index (κ2) is 12.6. The fraction of sp³-hybridized carbons (Fsp3) is 0.269. The highest BCUT2D eigenvalue weighted by Gasteiger charge is 2.28. The number of amides is 1. The summed E-state index contributed by atoms with van der Waals surface area (Å²) in [5.74, 6) is 0.733. The predicted octanol–water partition coefficient (Wildman–Crippen LogP) is 5.02. The molecule has 0 saturated carbocycles. The fourth-order valence-corrected chi connectivity index (χ4v) is 5.89. The van der Waals surface area contributed by atoms with E-state index in [0.717, 1.165) is 11.3 Å². The third-order valence-electron chi connectivity index (χ3n) is 5.26. The normalized spacial score (nSPS) is 11.2. The minimum Gasteiger partial charge on any atom is -0.354 e. The van der Waals surface area contributed by atoms with E-state index in [1.165, 1.54) is 22.5 Å². The number of aryl methyl sites for hydroxylation is 1. The second-order valence-corrected chi connectivity index (χ2v) is 10.6. The summed E-state index contributed by atoms with van der Waals surface area (Å²) < 4.78 is 41.7. The first-order valence-electron chi connectivity index (χ1n) is 11.2. The Bertz CT molecular complexity index is 1190. The summed E-state index contributed by atoms with van der Waals surface area (Å²) in [7, 11) is -3.92. The van der Waals surface area contributed by atoms with Gasteiger partial charge in [-0.05, 0) is 54.0 Å².